The summed E-state index contributed by atoms with van der Waals surface area (Å²) < 4.78 is 5.62. The van der Waals surface area contributed by atoms with Crippen molar-refractivity contribution in [3.63, 3.8) is 0 Å². The molecule has 0 spiro atoms. The van der Waals surface area contributed by atoms with Crippen molar-refractivity contribution in [2.24, 2.45) is 35.5 Å². The molecule has 5 rings (SSSR count). The molecule has 92 valence electrons. The first kappa shape index (κ1) is 9.47. The smallest absolute Gasteiger partial charge is 0.145 e. The Hall–Kier alpha value is -0.460. The summed E-state index contributed by atoms with van der Waals surface area (Å²) in [5, 5.41) is 0. The molecule has 1 nitrogen and oxygen atoms in total. The van der Waals surface area contributed by atoms with Crippen LogP contribution < -0.4 is 0 Å². The highest BCUT2D eigenvalue weighted by Gasteiger charge is 2.57. The van der Waals surface area contributed by atoms with Crippen molar-refractivity contribution >= 4 is 0 Å². The molecule has 1 heteroatoms. The molecule has 3 fully saturated rings. The molecule has 6 unspecified atom stereocenters. The van der Waals surface area contributed by atoms with E-state index in [0.717, 1.165) is 35.5 Å². The van der Waals surface area contributed by atoms with Crippen molar-refractivity contribution in [1.82, 2.24) is 0 Å². The number of allylic oxidation sites excluding steroid dienone is 2. The Bertz CT molecular complexity index is 396. The molecule has 0 saturated heterocycles. The van der Waals surface area contributed by atoms with Crippen molar-refractivity contribution in [1.29, 1.82) is 0 Å². The van der Waals surface area contributed by atoms with Gasteiger partial charge >= 0.3 is 0 Å². The van der Waals surface area contributed by atoms with Gasteiger partial charge in [-0.3, -0.25) is 0 Å². The molecule has 1 heterocycles. The van der Waals surface area contributed by atoms with Gasteiger partial charge in [0.15, 0.2) is 0 Å². The Balaban J connectivity index is 1.44. The van der Waals surface area contributed by atoms with Crippen LogP contribution >= 0.6 is 0 Å². The number of hydrogen-bond acceptors (Lipinski definition) is 1. The van der Waals surface area contributed by atoms with Crippen molar-refractivity contribution in [2.75, 3.05) is 0 Å². The minimum atomic E-state index is 0.867. The van der Waals surface area contributed by atoms with Crippen LogP contribution in [0.15, 0.2) is 11.5 Å². The van der Waals surface area contributed by atoms with Gasteiger partial charge in [-0.05, 0) is 55.3 Å². The molecule has 5 aliphatic rings. The Labute approximate surface area is 104 Å². The molecule has 0 bridgehead atoms. The first-order valence-electron chi connectivity index (χ1n) is 7.82. The van der Waals surface area contributed by atoms with E-state index in [0.29, 0.717) is 0 Å². The summed E-state index contributed by atoms with van der Waals surface area (Å²) in [4.78, 5) is 0. The van der Waals surface area contributed by atoms with Gasteiger partial charge in [0.1, 0.15) is 11.5 Å². The third-order valence-corrected chi connectivity index (χ3v) is 6.74. The highest BCUT2D eigenvalue weighted by Crippen LogP contribution is 2.64. The van der Waals surface area contributed by atoms with E-state index >= 15 is 0 Å². The normalized spacial score (nSPS) is 54.6. The second-order valence-electron chi connectivity index (χ2n) is 7.21. The summed E-state index contributed by atoms with van der Waals surface area (Å²) in [7, 11) is 0. The fourth-order valence-electron chi connectivity index (χ4n) is 6.10. The lowest BCUT2D eigenvalue weighted by Crippen LogP contribution is -2.33. The van der Waals surface area contributed by atoms with E-state index < -0.39 is 0 Å². The van der Waals surface area contributed by atoms with Crippen LogP contribution in [0.4, 0.5) is 0 Å². The SMILES string of the molecule is C1CCC2C(C1)CC1C3CC4=C(O4)C3CCC21. The number of fused-ring (bicyclic) bond motifs is 6. The fraction of sp³-hybridized carbons (Fsp3) is 0.875. The summed E-state index contributed by atoms with van der Waals surface area (Å²) in [6.07, 6.45) is 12.0. The van der Waals surface area contributed by atoms with Crippen LogP contribution in [-0.4, -0.2) is 0 Å². The molecule has 3 saturated carbocycles. The van der Waals surface area contributed by atoms with Crippen LogP contribution in [0.25, 0.3) is 0 Å². The van der Waals surface area contributed by atoms with E-state index in [4.69, 9.17) is 4.74 Å². The molecule has 4 aliphatic carbocycles. The maximum Gasteiger partial charge on any atom is 0.145 e. The largest absolute Gasteiger partial charge is 0.459 e. The highest BCUT2D eigenvalue weighted by molar-refractivity contribution is 5.30. The molecule has 6 atom stereocenters. The van der Waals surface area contributed by atoms with Crippen LogP contribution in [0.2, 0.25) is 0 Å². The zero-order valence-corrected chi connectivity index (χ0v) is 10.5. The number of hydrogen-bond donors (Lipinski definition) is 0. The highest BCUT2D eigenvalue weighted by atomic mass is 16.6. The van der Waals surface area contributed by atoms with Crippen LogP contribution in [0.1, 0.15) is 51.4 Å². The summed E-state index contributed by atoms with van der Waals surface area (Å²) in [5.74, 6) is 9.18. The summed E-state index contributed by atoms with van der Waals surface area (Å²) in [6.45, 7) is 0. The third-order valence-electron chi connectivity index (χ3n) is 6.74. The van der Waals surface area contributed by atoms with Crippen molar-refractivity contribution < 1.29 is 4.74 Å². The first-order valence-corrected chi connectivity index (χ1v) is 7.82. The quantitative estimate of drug-likeness (QED) is 0.610. The molecule has 0 amide bonds. The Morgan fingerprint density at radius 1 is 0.824 bits per heavy atom. The first-order chi connectivity index (χ1) is 8.42. The third kappa shape index (κ3) is 1.16. The fourth-order valence-corrected chi connectivity index (χ4v) is 6.10. The van der Waals surface area contributed by atoms with E-state index in [9.17, 15) is 0 Å². The minimum Gasteiger partial charge on any atom is -0.459 e. The van der Waals surface area contributed by atoms with E-state index in [2.05, 4.69) is 0 Å². The van der Waals surface area contributed by atoms with Crippen molar-refractivity contribution in [3.05, 3.63) is 11.5 Å². The lowest BCUT2D eigenvalue weighted by atomic mass is 9.66. The summed E-state index contributed by atoms with van der Waals surface area (Å²) in [5.41, 5.74) is 0. The molecular weight excluding hydrogens is 208 g/mol. The van der Waals surface area contributed by atoms with Gasteiger partial charge in [0.25, 0.3) is 0 Å². The summed E-state index contributed by atoms with van der Waals surface area (Å²) >= 11 is 0. The van der Waals surface area contributed by atoms with Gasteiger partial charge in [0, 0.05) is 12.3 Å². The van der Waals surface area contributed by atoms with Gasteiger partial charge in [-0.2, -0.15) is 0 Å². The second-order valence-corrected chi connectivity index (χ2v) is 7.21. The maximum atomic E-state index is 5.62. The van der Waals surface area contributed by atoms with Gasteiger partial charge in [-0.25, -0.2) is 0 Å². The lowest BCUT2D eigenvalue weighted by Gasteiger charge is -2.39. The number of ether oxygens (including phenoxy) is 1. The standard InChI is InChI=1S/C16H22O/c1-2-4-10-9(3-1)7-13-11(10)5-6-12-14(13)8-15-16(12)17-15/h9-14H,1-8H2. The zero-order valence-electron chi connectivity index (χ0n) is 10.5. The molecular formula is C16H22O. The predicted octanol–water partition coefficient (Wildman–Crippen LogP) is 4.10. The molecule has 0 aromatic rings. The molecule has 17 heavy (non-hydrogen) atoms. The Morgan fingerprint density at radius 2 is 1.76 bits per heavy atom. The van der Waals surface area contributed by atoms with Crippen LogP contribution in [0.5, 0.6) is 0 Å². The van der Waals surface area contributed by atoms with Crippen molar-refractivity contribution in [2.45, 2.75) is 51.4 Å². The van der Waals surface area contributed by atoms with Crippen LogP contribution in [0.3, 0.4) is 0 Å². The van der Waals surface area contributed by atoms with E-state index in [1.165, 1.54) is 43.6 Å². The topological polar surface area (TPSA) is 12.5 Å². The van der Waals surface area contributed by atoms with Gasteiger partial charge in [-0.15, -0.1) is 0 Å². The van der Waals surface area contributed by atoms with Crippen LogP contribution in [-0.2, 0) is 4.74 Å². The molecule has 0 radical (unpaired) electrons. The van der Waals surface area contributed by atoms with Crippen LogP contribution in [0, 0.1) is 35.5 Å². The summed E-state index contributed by atoms with van der Waals surface area (Å²) in [6, 6.07) is 0. The number of rotatable bonds is 0. The molecule has 1 aliphatic heterocycles. The molecule has 0 aromatic carbocycles. The Kier molecular flexibility index (Phi) is 1.73. The van der Waals surface area contributed by atoms with E-state index in [1.54, 1.807) is 19.3 Å². The minimum absolute atomic E-state index is 0.867. The predicted molar refractivity (Wildman–Crippen MR) is 66.0 cm³/mol. The van der Waals surface area contributed by atoms with Gasteiger partial charge in [0.2, 0.25) is 0 Å². The van der Waals surface area contributed by atoms with E-state index in [1.807, 2.05) is 0 Å². The zero-order chi connectivity index (χ0) is 11.0. The lowest BCUT2D eigenvalue weighted by molar-refractivity contribution is 0.0841. The van der Waals surface area contributed by atoms with E-state index in [-0.39, 0.29) is 0 Å². The maximum absolute atomic E-state index is 5.62. The Morgan fingerprint density at radius 3 is 2.76 bits per heavy atom. The monoisotopic (exact) mass is 230 g/mol. The average molecular weight is 230 g/mol. The molecule has 0 aromatic heterocycles. The van der Waals surface area contributed by atoms with Crippen molar-refractivity contribution in [3.8, 4) is 0 Å². The van der Waals surface area contributed by atoms with Gasteiger partial charge in [0.05, 0.1) is 0 Å². The molecule has 0 N–H and O–H groups in total. The second kappa shape index (κ2) is 3.10. The average Bonchev–Trinajstić information content (AvgIpc) is 2.88. The van der Waals surface area contributed by atoms with Gasteiger partial charge < -0.3 is 4.74 Å². The van der Waals surface area contributed by atoms with Gasteiger partial charge in [-0.1, -0.05) is 19.3 Å².